The Kier molecular flexibility index (Phi) is 7.94. The topological polar surface area (TPSA) is 78.9 Å². The monoisotopic (exact) mass is 344 g/mol. The van der Waals surface area contributed by atoms with Gasteiger partial charge in [-0.05, 0) is 18.6 Å². The lowest BCUT2D eigenvalue weighted by Crippen LogP contribution is -2.40. The zero-order chi connectivity index (χ0) is 18.7. The minimum Gasteiger partial charge on any atom is -0.468 e. The lowest BCUT2D eigenvalue weighted by molar-refractivity contribution is -0.168. The van der Waals surface area contributed by atoms with Crippen LogP contribution in [0.1, 0.15) is 23.2 Å². The quantitative estimate of drug-likeness (QED) is 0.236. The van der Waals surface area contributed by atoms with Gasteiger partial charge < -0.3 is 14.2 Å². The minimum absolute atomic E-state index is 0.0117. The molecule has 1 aromatic carbocycles. The van der Waals surface area contributed by atoms with E-state index in [0.29, 0.717) is 5.56 Å². The highest BCUT2D eigenvalue weighted by molar-refractivity contribution is 6.00. The van der Waals surface area contributed by atoms with Gasteiger partial charge >= 0.3 is 17.9 Å². The van der Waals surface area contributed by atoms with Gasteiger partial charge in [-0.3, -0.25) is 9.59 Å². The molecule has 0 bridgehead atoms. The number of hydrogen-bond donors (Lipinski definition) is 0. The lowest BCUT2D eigenvalue weighted by atomic mass is 9.81. The average molecular weight is 344 g/mol. The van der Waals surface area contributed by atoms with Crippen molar-refractivity contribution in [2.45, 2.75) is 12.8 Å². The molecule has 0 aliphatic rings. The van der Waals surface area contributed by atoms with Crippen molar-refractivity contribution in [1.29, 1.82) is 0 Å². The molecule has 0 amide bonds. The van der Waals surface area contributed by atoms with Gasteiger partial charge in [-0.15, -0.1) is 12.3 Å². The predicted octanol–water partition coefficient (Wildman–Crippen LogP) is 2.15. The predicted molar refractivity (Wildman–Crippen MR) is 90.4 cm³/mol. The van der Waals surface area contributed by atoms with E-state index in [9.17, 15) is 14.4 Å². The Labute approximate surface area is 146 Å². The molecule has 25 heavy (non-hydrogen) atoms. The summed E-state index contributed by atoms with van der Waals surface area (Å²) in [6.45, 7) is -0.0117. The van der Waals surface area contributed by atoms with Crippen molar-refractivity contribution in [1.82, 2.24) is 0 Å². The van der Waals surface area contributed by atoms with Gasteiger partial charge in [0.05, 0.1) is 19.8 Å². The standard InChI is InChI=1S/C19H20O6/c1-4-12-19(17(21)23-2,18(22)24-3)13-8-9-14-25-16(20)15-10-6-5-7-11-15/h1,5-11H,12-14H2,2-3H3/b9-8-. The largest absolute Gasteiger partial charge is 0.468 e. The van der Waals surface area contributed by atoms with Crippen molar-refractivity contribution in [2.75, 3.05) is 20.8 Å². The lowest BCUT2D eigenvalue weighted by Gasteiger charge is -2.24. The van der Waals surface area contributed by atoms with Crippen LogP contribution in [0.3, 0.4) is 0 Å². The molecule has 6 heteroatoms. The first-order valence-corrected chi connectivity index (χ1v) is 7.49. The van der Waals surface area contributed by atoms with Crippen molar-refractivity contribution >= 4 is 17.9 Å². The fourth-order valence-electron chi connectivity index (χ4n) is 2.17. The average Bonchev–Trinajstić information content (AvgIpc) is 2.65. The van der Waals surface area contributed by atoms with E-state index in [4.69, 9.17) is 11.2 Å². The molecule has 0 unspecified atom stereocenters. The second-order valence-corrected chi connectivity index (χ2v) is 5.09. The van der Waals surface area contributed by atoms with Crippen LogP contribution in [-0.2, 0) is 23.8 Å². The van der Waals surface area contributed by atoms with Crippen LogP contribution in [0.25, 0.3) is 0 Å². The molecule has 6 nitrogen and oxygen atoms in total. The fraction of sp³-hybridized carbons (Fsp3) is 0.316. The molecule has 132 valence electrons. The van der Waals surface area contributed by atoms with Crippen molar-refractivity contribution in [3.8, 4) is 12.3 Å². The van der Waals surface area contributed by atoms with Crippen molar-refractivity contribution in [3.05, 3.63) is 48.0 Å². The maximum atomic E-state index is 12.0. The van der Waals surface area contributed by atoms with E-state index >= 15 is 0 Å². The van der Waals surface area contributed by atoms with Gasteiger partial charge in [-0.1, -0.05) is 30.4 Å². The Morgan fingerprint density at radius 1 is 1.08 bits per heavy atom. The Morgan fingerprint density at radius 3 is 2.20 bits per heavy atom. The number of carbonyl (C=O) groups excluding carboxylic acids is 3. The van der Waals surface area contributed by atoms with Crippen molar-refractivity contribution in [2.24, 2.45) is 5.41 Å². The Balaban J connectivity index is 2.71. The molecule has 0 saturated carbocycles. The normalized spacial score (nSPS) is 10.8. The van der Waals surface area contributed by atoms with Gasteiger partial charge in [0.25, 0.3) is 0 Å². The molecule has 0 aliphatic heterocycles. The van der Waals surface area contributed by atoms with Crippen LogP contribution in [0.4, 0.5) is 0 Å². The number of rotatable bonds is 8. The molecule has 0 spiro atoms. The number of carbonyl (C=O) groups is 3. The summed E-state index contributed by atoms with van der Waals surface area (Å²) >= 11 is 0. The first-order valence-electron chi connectivity index (χ1n) is 7.49. The smallest absolute Gasteiger partial charge is 0.338 e. The van der Waals surface area contributed by atoms with Gasteiger partial charge in [0.2, 0.25) is 0 Å². The van der Waals surface area contributed by atoms with E-state index in [1.165, 1.54) is 26.4 Å². The van der Waals surface area contributed by atoms with Gasteiger partial charge in [0.1, 0.15) is 6.61 Å². The summed E-state index contributed by atoms with van der Waals surface area (Å²) in [7, 11) is 2.34. The molecule has 0 heterocycles. The van der Waals surface area contributed by atoms with Crippen LogP contribution in [-0.4, -0.2) is 38.7 Å². The van der Waals surface area contributed by atoms with E-state index in [2.05, 4.69) is 15.4 Å². The number of terminal acetylenes is 1. The molecule has 0 N–H and O–H groups in total. The highest BCUT2D eigenvalue weighted by Crippen LogP contribution is 2.30. The summed E-state index contributed by atoms with van der Waals surface area (Å²) in [6.07, 6.45) is 8.14. The van der Waals surface area contributed by atoms with Crippen molar-refractivity contribution < 1.29 is 28.6 Å². The maximum Gasteiger partial charge on any atom is 0.338 e. The Morgan fingerprint density at radius 2 is 1.68 bits per heavy atom. The van der Waals surface area contributed by atoms with Crippen LogP contribution >= 0.6 is 0 Å². The van der Waals surface area contributed by atoms with Crippen molar-refractivity contribution in [3.63, 3.8) is 0 Å². The Hall–Kier alpha value is -3.07. The third kappa shape index (κ3) is 5.21. The maximum absolute atomic E-state index is 12.0. The number of benzene rings is 1. The zero-order valence-electron chi connectivity index (χ0n) is 14.2. The summed E-state index contributed by atoms with van der Waals surface area (Å²) in [6, 6.07) is 8.53. The number of hydrogen-bond acceptors (Lipinski definition) is 6. The molecular formula is C19H20O6. The summed E-state index contributed by atoms with van der Waals surface area (Å²) < 4.78 is 14.5. The van der Waals surface area contributed by atoms with E-state index in [1.807, 2.05) is 0 Å². The van der Waals surface area contributed by atoms with Crippen LogP contribution < -0.4 is 0 Å². The molecule has 0 aromatic heterocycles. The summed E-state index contributed by atoms with van der Waals surface area (Å²) in [5.41, 5.74) is -1.18. The van der Waals surface area contributed by atoms with Gasteiger partial charge in [-0.2, -0.15) is 0 Å². The van der Waals surface area contributed by atoms with Gasteiger partial charge in [0.15, 0.2) is 5.41 Å². The summed E-state index contributed by atoms with van der Waals surface area (Å²) in [5, 5.41) is 0. The SMILES string of the molecule is C#CCC(C/C=C\COC(=O)c1ccccc1)(C(=O)OC)C(=O)OC. The van der Waals surface area contributed by atoms with E-state index in [-0.39, 0.29) is 19.4 Å². The molecular weight excluding hydrogens is 324 g/mol. The highest BCUT2D eigenvalue weighted by atomic mass is 16.5. The second kappa shape index (κ2) is 9.93. The van der Waals surface area contributed by atoms with E-state index < -0.39 is 23.3 Å². The zero-order valence-corrected chi connectivity index (χ0v) is 14.2. The van der Waals surface area contributed by atoms with Crippen LogP contribution in [0, 0.1) is 17.8 Å². The first-order chi connectivity index (χ1) is 12.0. The highest BCUT2D eigenvalue weighted by Gasteiger charge is 2.46. The Bertz CT molecular complexity index is 653. The summed E-state index contributed by atoms with van der Waals surface area (Å²) in [4.78, 5) is 35.9. The third-order valence-corrected chi connectivity index (χ3v) is 3.51. The fourth-order valence-corrected chi connectivity index (χ4v) is 2.17. The summed E-state index contributed by atoms with van der Waals surface area (Å²) in [5.74, 6) is 0.278. The number of methoxy groups -OCH3 is 2. The third-order valence-electron chi connectivity index (χ3n) is 3.51. The number of esters is 3. The second-order valence-electron chi connectivity index (χ2n) is 5.09. The van der Waals surface area contributed by atoms with Gasteiger partial charge in [0, 0.05) is 6.42 Å². The molecule has 0 saturated heterocycles. The number of allylic oxidation sites excluding steroid dienone is 1. The molecule has 0 radical (unpaired) electrons. The molecule has 0 atom stereocenters. The molecule has 0 fully saturated rings. The number of ether oxygens (including phenoxy) is 3. The first kappa shape index (κ1) is 20.0. The molecule has 0 aliphatic carbocycles. The van der Waals surface area contributed by atoms with E-state index in [1.54, 1.807) is 30.3 Å². The van der Waals surface area contributed by atoms with Crippen LogP contribution in [0.15, 0.2) is 42.5 Å². The molecule has 1 rings (SSSR count). The van der Waals surface area contributed by atoms with Crippen LogP contribution in [0.2, 0.25) is 0 Å². The van der Waals surface area contributed by atoms with Crippen LogP contribution in [0.5, 0.6) is 0 Å². The van der Waals surface area contributed by atoms with E-state index in [0.717, 1.165) is 0 Å². The van der Waals surface area contributed by atoms with Gasteiger partial charge in [-0.25, -0.2) is 4.79 Å². The molecule has 1 aromatic rings. The minimum atomic E-state index is -1.61.